The fourth-order valence-electron chi connectivity index (χ4n) is 3.39. The topological polar surface area (TPSA) is 29.5 Å². The first-order valence-corrected chi connectivity index (χ1v) is 10.0. The van der Waals surface area contributed by atoms with Crippen LogP contribution in [0.4, 0.5) is 0 Å². The van der Waals surface area contributed by atoms with Crippen LogP contribution in [0.2, 0.25) is 16.6 Å². The van der Waals surface area contributed by atoms with Crippen molar-refractivity contribution in [2.75, 3.05) is 6.61 Å². The fraction of sp³-hybridized carbons (Fsp3) is 0.556. The molecule has 0 fully saturated rings. The summed E-state index contributed by atoms with van der Waals surface area (Å²) >= 11 is 0. The maximum Gasteiger partial charge on any atom is 0.258 e. The molecule has 1 rings (SSSR count). The van der Waals surface area contributed by atoms with Gasteiger partial charge in [-0.3, -0.25) is 0 Å². The molecular weight excluding hydrogens is 276 g/mol. The van der Waals surface area contributed by atoms with Gasteiger partial charge in [0.1, 0.15) is 5.75 Å². The maximum atomic E-state index is 8.81. The van der Waals surface area contributed by atoms with Crippen LogP contribution in [0.25, 0.3) is 6.08 Å². The van der Waals surface area contributed by atoms with Gasteiger partial charge in [-0.25, -0.2) is 0 Å². The number of benzene rings is 1. The molecule has 1 N–H and O–H groups in total. The molecule has 0 aliphatic rings. The van der Waals surface area contributed by atoms with Crippen molar-refractivity contribution in [2.24, 2.45) is 0 Å². The van der Waals surface area contributed by atoms with Crippen LogP contribution in [0.3, 0.4) is 0 Å². The minimum Gasteiger partial charge on any atom is -0.543 e. The average Bonchev–Trinajstić information content (AvgIpc) is 2.42. The Labute approximate surface area is 131 Å². The second-order valence-corrected chi connectivity index (χ2v) is 11.9. The molecule has 0 saturated carbocycles. The quantitative estimate of drug-likeness (QED) is 0.697. The Balaban J connectivity index is 3.02. The third-order valence-electron chi connectivity index (χ3n) is 4.30. The lowest BCUT2D eigenvalue weighted by atomic mass is 10.2. The van der Waals surface area contributed by atoms with Gasteiger partial charge in [-0.1, -0.05) is 65.8 Å². The predicted molar refractivity (Wildman–Crippen MR) is 94.2 cm³/mol. The Bertz CT molecular complexity index is 425. The fourth-order valence-corrected chi connectivity index (χ4v) is 8.64. The monoisotopic (exact) mass is 306 g/mol. The van der Waals surface area contributed by atoms with Gasteiger partial charge in [-0.05, 0) is 34.3 Å². The van der Waals surface area contributed by atoms with Gasteiger partial charge in [0, 0.05) is 0 Å². The third-order valence-corrected chi connectivity index (χ3v) is 10.3. The summed E-state index contributed by atoms with van der Waals surface area (Å²) in [5.41, 5.74) is 2.81. The summed E-state index contributed by atoms with van der Waals surface area (Å²) in [6, 6.07) is 8.18. The SMILES string of the molecule is CC(C)[Si](Oc1ccc(/C=C/CO)cc1)(C(C)C)C(C)C. The highest BCUT2D eigenvalue weighted by atomic mass is 28.4. The van der Waals surface area contributed by atoms with Crippen LogP contribution in [0.15, 0.2) is 30.3 Å². The highest BCUT2D eigenvalue weighted by Crippen LogP contribution is 2.42. The van der Waals surface area contributed by atoms with Crippen LogP contribution in [-0.2, 0) is 0 Å². The zero-order chi connectivity index (χ0) is 16.0. The minimum atomic E-state index is -1.87. The summed E-state index contributed by atoms with van der Waals surface area (Å²) < 4.78 is 6.61. The van der Waals surface area contributed by atoms with E-state index in [2.05, 4.69) is 41.5 Å². The van der Waals surface area contributed by atoms with E-state index in [9.17, 15) is 0 Å². The van der Waals surface area contributed by atoms with Crippen LogP contribution in [0, 0.1) is 0 Å². The number of rotatable bonds is 7. The van der Waals surface area contributed by atoms with Crippen LogP contribution in [-0.4, -0.2) is 20.0 Å². The van der Waals surface area contributed by atoms with E-state index in [0.29, 0.717) is 16.6 Å². The van der Waals surface area contributed by atoms with Crippen molar-refractivity contribution in [3.8, 4) is 5.75 Å². The van der Waals surface area contributed by atoms with Gasteiger partial charge >= 0.3 is 0 Å². The Hall–Kier alpha value is -1.06. The van der Waals surface area contributed by atoms with Crippen LogP contribution >= 0.6 is 0 Å². The number of hydrogen-bond acceptors (Lipinski definition) is 2. The van der Waals surface area contributed by atoms with Gasteiger partial charge in [0.05, 0.1) is 6.61 Å². The van der Waals surface area contributed by atoms with Crippen molar-refractivity contribution in [1.29, 1.82) is 0 Å². The highest BCUT2D eigenvalue weighted by Gasteiger charge is 2.46. The first-order valence-electron chi connectivity index (χ1n) is 7.91. The van der Waals surface area contributed by atoms with Crippen molar-refractivity contribution in [3.05, 3.63) is 35.9 Å². The Kier molecular flexibility index (Phi) is 6.69. The van der Waals surface area contributed by atoms with Gasteiger partial charge < -0.3 is 9.53 Å². The Morgan fingerprint density at radius 2 is 1.43 bits per heavy atom. The van der Waals surface area contributed by atoms with E-state index in [4.69, 9.17) is 9.53 Å². The molecule has 1 aromatic carbocycles. The lowest BCUT2D eigenvalue weighted by molar-refractivity contribution is 0.343. The van der Waals surface area contributed by atoms with E-state index < -0.39 is 8.32 Å². The molecule has 0 aliphatic heterocycles. The summed E-state index contributed by atoms with van der Waals surface area (Å²) in [4.78, 5) is 0. The molecule has 0 bridgehead atoms. The molecule has 0 atom stereocenters. The second-order valence-electron chi connectivity index (χ2n) is 6.57. The van der Waals surface area contributed by atoms with Crippen LogP contribution < -0.4 is 4.43 Å². The highest BCUT2D eigenvalue weighted by molar-refractivity contribution is 6.78. The predicted octanol–water partition coefficient (Wildman–Crippen LogP) is 5.25. The van der Waals surface area contributed by atoms with Crippen molar-refractivity contribution < 1.29 is 9.53 Å². The molecule has 0 radical (unpaired) electrons. The average molecular weight is 307 g/mol. The Morgan fingerprint density at radius 3 is 1.81 bits per heavy atom. The van der Waals surface area contributed by atoms with E-state index >= 15 is 0 Å². The molecular formula is C18H30O2Si. The standard InChI is InChI=1S/C18H30O2Si/c1-14(2)21(15(3)4,16(5)6)20-18-11-9-17(10-12-18)8-7-13-19/h7-12,14-16,19H,13H2,1-6H3/b8-7+. The molecule has 21 heavy (non-hydrogen) atoms. The molecule has 0 aromatic heterocycles. The lowest BCUT2D eigenvalue weighted by Crippen LogP contribution is -2.50. The number of hydrogen-bond donors (Lipinski definition) is 1. The van der Waals surface area contributed by atoms with E-state index in [1.807, 2.05) is 30.3 Å². The van der Waals surface area contributed by atoms with Gasteiger partial charge in [0.2, 0.25) is 0 Å². The largest absolute Gasteiger partial charge is 0.543 e. The number of aliphatic hydroxyl groups is 1. The molecule has 0 saturated heterocycles. The second kappa shape index (κ2) is 7.81. The van der Waals surface area contributed by atoms with Crippen LogP contribution in [0.5, 0.6) is 5.75 Å². The number of aliphatic hydroxyl groups excluding tert-OH is 1. The van der Waals surface area contributed by atoms with Crippen molar-refractivity contribution in [2.45, 2.75) is 58.2 Å². The van der Waals surface area contributed by atoms with Crippen LogP contribution in [0.1, 0.15) is 47.1 Å². The zero-order valence-electron chi connectivity index (χ0n) is 14.3. The first kappa shape index (κ1) is 18.0. The van der Waals surface area contributed by atoms with E-state index in [1.54, 1.807) is 6.08 Å². The molecule has 0 amide bonds. The smallest absolute Gasteiger partial charge is 0.258 e. The third kappa shape index (κ3) is 4.21. The first-order chi connectivity index (χ1) is 9.84. The maximum absolute atomic E-state index is 8.81. The molecule has 0 unspecified atom stereocenters. The summed E-state index contributed by atoms with van der Waals surface area (Å²) in [6.45, 7) is 13.8. The summed E-state index contributed by atoms with van der Waals surface area (Å²) in [5.74, 6) is 0.971. The molecule has 3 heteroatoms. The summed E-state index contributed by atoms with van der Waals surface area (Å²) in [5, 5.41) is 8.81. The normalized spacial score (nSPS) is 12.9. The molecule has 1 aromatic rings. The molecule has 0 aliphatic carbocycles. The van der Waals surface area contributed by atoms with E-state index in [1.165, 1.54) is 0 Å². The van der Waals surface area contributed by atoms with Crippen molar-refractivity contribution in [1.82, 2.24) is 0 Å². The molecule has 118 valence electrons. The lowest BCUT2D eigenvalue weighted by Gasteiger charge is -2.42. The van der Waals surface area contributed by atoms with Crippen molar-refractivity contribution in [3.63, 3.8) is 0 Å². The summed E-state index contributed by atoms with van der Waals surface area (Å²) in [7, 11) is -1.87. The van der Waals surface area contributed by atoms with E-state index in [-0.39, 0.29) is 6.61 Å². The zero-order valence-corrected chi connectivity index (χ0v) is 15.3. The summed E-state index contributed by atoms with van der Waals surface area (Å²) in [6.07, 6.45) is 3.66. The van der Waals surface area contributed by atoms with E-state index in [0.717, 1.165) is 11.3 Å². The Morgan fingerprint density at radius 1 is 0.952 bits per heavy atom. The molecule has 0 spiro atoms. The van der Waals surface area contributed by atoms with Gasteiger partial charge in [-0.2, -0.15) is 0 Å². The minimum absolute atomic E-state index is 0.0718. The molecule has 2 nitrogen and oxygen atoms in total. The van der Waals surface area contributed by atoms with Gasteiger partial charge in [0.15, 0.2) is 0 Å². The van der Waals surface area contributed by atoms with Crippen molar-refractivity contribution >= 4 is 14.4 Å². The van der Waals surface area contributed by atoms with Gasteiger partial charge in [0.25, 0.3) is 8.32 Å². The van der Waals surface area contributed by atoms with Gasteiger partial charge in [-0.15, -0.1) is 0 Å². The molecule has 0 heterocycles.